The monoisotopic (exact) mass is 194 g/mol. The summed E-state index contributed by atoms with van der Waals surface area (Å²) in [5.41, 5.74) is 7.82. The Bertz CT molecular complexity index is 314. The number of nitrogens with two attached hydrogens (primary N) is 1. The van der Waals surface area contributed by atoms with Crippen molar-refractivity contribution in [3.8, 4) is 0 Å². The second kappa shape index (κ2) is 3.96. The Morgan fingerprint density at radius 1 is 1.43 bits per heavy atom. The molecule has 2 rings (SSSR count). The summed E-state index contributed by atoms with van der Waals surface area (Å²) < 4.78 is 13.0. The number of benzene rings is 1. The Labute approximate surface area is 83.5 Å². The van der Waals surface area contributed by atoms with Gasteiger partial charge < -0.3 is 10.6 Å². The molecule has 1 aliphatic heterocycles. The molecule has 14 heavy (non-hydrogen) atoms. The van der Waals surface area contributed by atoms with Gasteiger partial charge in [0.2, 0.25) is 0 Å². The topological polar surface area (TPSA) is 29.3 Å². The Morgan fingerprint density at radius 3 is 2.86 bits per heavy atom. The average molecular weight is 194 g/mol. The highest BCUT2D eigenvalue weighted by Gasteiger charge is 2.22. The van der Waals surface area contributed by atoms with Gasteiger partial charge in [0.15, 0.2) is 0 Å². The molecule has 1 aromatic rings. The van der Waals surface area contributed by atoms with Crippen LogP contribution in [0.3, 0.4) is 0 Å². The third kappa shape index (κ3) is 1.73. The van der Waals surface area contributed by atoms with Gasteiger partial charge in [-0.1, -0.05) is 18.2 Å². The van der Waals surface area contributed by atoms with Crippen molar-refractivity contribution in [2.45, 2.75) is 19.1 Å². The van der Waals surface area contributed by atoms with E-state index in [4.69, 9.17) is 5.73 Å². The van der Waals surface area contributed by atoms with E-state index in [-0.39, 0.29) is 0 Å². The fourth-order valence-corrected chi connectivity index (χ4v) is 1.93. The lowest BCUT2D eigenvalue weighted by molar-refractivity contribution is 0.364. The van der Waals surface area contributed by atoms with E-state index in [1.165, 1.54) is 0 Å². The lowest BCUT2D eigenvalue weighted by Crippen LogP contribution is -2.21. The van der Waals surface area contributed by atoms with E-state index in [1.54, 1.807) is 0 Å². The fourth-order valence-electron chi connectivity index (χ4n) is 1.93. The smallest absolute Gasteiger partial charge is 0.119 e. The van der Waals surface area contributed by atoms with Gasteiger partial charge in [0, 0.05) is 25.3 Å². The number of para-hydroxylation sites is 1. The zero-order chi connectivity index (χ0) is 9.97. The third-order valence-corrected chi connectivity index (χ3v) is 2.68. The average Bonchev–Trinajstić information content (AvgIpc) is 2.65. The third-order valence-electron chi connectivity index (χ3n) is 2.68. The van der Waals surface area contributed by atoms with Gasteiger partial charge in [0.05, 0.1) is 0 Å². The maximum Gasteiger partial charge on any atom is 0.119 e. The number of alkyl halides is 1. The molecule has 3 heteroatoms. The molecular formula is C11H15FN2. The standard InChI is InChI=1S/C11H15FN2/c12-10-5-6-14(8-10)11-4-2-1-3-9(11)7-13/h1-4,10H,5-8,13H2. The summed E-state index contributed by atoms with van der Waals surface area (Å²) >= 11 is 0. The summed E-state index contributed by atoms with van der Waals surface area (Å²) in [6, 6.07) is 7.95. The molecule has 2 N–H and O–H groups in total. The molecule has 0 bridgehead atoms. The normalized spacial score (nSPS) is 21.6. The van der Waals surface area contributed by atoms with Crippen molar-refractivity contribution in [2.75, 3.05) is 18.0 Å². The zero-order valence-electron chi connectivity index (χ0n) is 8.12. The SMILES string of the molecule is NCc1ccccc1N1CCC(F)C1. The number of hydrogen-bond acceptors (Lipinski definition) is 2. The van der Waals surface area contributed by atoms with E-state index >= 15 is 0 Å². The molecule has 0 spiro atoms. The van der Waals surface area contributed by atoms with Crippen LogP contribution in [-0.4, -0.2) is 19.3 Å². The van der Waals surface area contributed by atoms with Crippen LogP contribution >= 0.6 is 0 Å². The summed E-state index contributed by atoms with van der Waals surface area (Å²) in [7, 11) is 0. The van der Waals surface area contributed by atoms with E-state index in [0.29, 0.717) is 19.5 Å². The fraction of sp³-hybridized carbons (Fsp3) is 0.455. The van der Waals surface area contributed by atoms with Crippen molar-refractivity contribution in [3.05, 3.63) is 29.8 Å². The number of rotatable bonds is 2. The van der Waals surface area contributed by atoms with E-state index in [0.717, 1.165) is 17.8 Å². The van der Waals surface area contributed by atoms with Crippen LogP contribution in [0.5, 0.6) is 0 Å². The maximum atomic E-state index is 13.0. The quantitative estimate of drug-likeness (QED) is 0.776. The van der Waals surface area contributed by atoms with Crippen molar-refractivity contribution in [3.63, 3.8) is 0 Å². The number of halogens is 1. The van der Waals surface area contributed by atoms with Crippen molar-refractivity contribution in [1.29, 1.82) is 0 Å². The van der Waals surface area contributed by atoms with Gasteiger partial charge in [-0.3, -0.25) is 0 Å². The molecule has 2 nitrogen and oxygen atoms in total. The highest BCUT2D eigenvalue weighted by molar-refractivity contribution is 5.54. The summed E-state index contributed by atoms with van der Waals surface area (Å²) in [5, 5.41) is 0. The number of anilines is 1. The first-order valence-electron chi connectivity index (χ1n) is 4.98. The van der Waals surface area contributed by atoms with Crippen LogP contribution in [0.15, 0.2) is 24.3 Å². The molecule has 1 unspecified atom stereocenters. The minimum absolute atomic E-state index is 0.511. The highest BCUT2D eigenvalue weighted by atomic mass is 19.1. The lowest BCUT2D eigenvalue weighted by atomic mass is 10.1. The largest absolute Gasteiger partial charge is 0.368 e. The predicted molar refractivity (Wildman–Crippen MR) is 56.1 cm³/mol. The van der Waals surface area contributed by atoms with Crippen LogP contribution in [-0.2, 0) is 6.54 Å². The molecule has 1 fully saturated rings. The van der Waals surface area contributed by atoms with Crippen LogP contribution in [0.4, 0.5) is 10.1 Å². The van der Waals surface area contributed by atoms with E-state index in [2.05, 4.69) is 4.90 Å². The van der Waals surface area contributed by atoms with Crippen molar-refractivity contribution in [1.82, 2.24) is 0 Å². The van der Waals surface area contributed by atoms with Crippen molar-refractivity contribution in [2.24, 2.45) is 5.73 Å². The molecule has 0 amide bonds. The van der Waals surface area contributed by atoms with Gasteiger partial charge in [0.1, 0.15) is 6.17 Å². The molecule has 1 saturated heterocycles. The van der Waals surface area contributed by atoms with Crippen LogP contribution in [0, 0.1) is 0 Å². The molecule has 1 heterocycles. The van der Waals surface area contributed by atoms with E-state index in [9.17, 15) is 4.39 Å². The summed E-state index contributed by atoms with van der Waals surface area (Å²) in [5.74, 6) is 0. The molecule has 1 aliphatic rings. The van der Waals surface area contributed by atoms with Gasteiger partial charge in [-0.05, 0) is 18.1 Å². The first-order chi connectivity index (χ1) is 6.81. The highest BCUT2D eigenvalue weighted by Crippen LogP contribution is 2.25. The van der Waals surface area contributed by atoms with E-state index in [1.807, 2.05) is 24.3 Å². The van der Waals surface area contributed by atoms with Crippen LogP contribution in [0.1, 0.15) is 12.0 Å². The molecule has 0 aromatic heterocycles. The first kappa shape index (κ1) is 9.46. The second-order valence-electron chi connectivity index (χ2n) is 3.66. The second-order valence-corrected chi connectivity index (χ2v) is 3.66. The summed E-state index contributed by atoms with van der Waals surface area (Å²) in [6.45, 7) is 1.83. The minimum atomic E-state index is -0.680. The Kier molecular flexibility index (Phi) is 2.68. The summed E-state index contributed by atoms with van der Waals surface area (Å²) in [4.78, 5) is 2.08. The van der Waals surface area contributed by atoms with Gasteiger partial charge in [0.25, 0.3) is 0 Å². The maximum absolute atomic E-state index is 13.0. The minimum Gasteiger partial charge on any atom is -0.368 e. The number of nitrogens with zero attached hydrogens (tertiary/aromatic N) is 1. The molecule has 0 radical (unpaired) electrons. The van der Waals surface area contributed by atoms with Crippen molar-refractivity contribution >= 4 is 5.69 Å². The number of hydrogen-bond donors (Lipinski definition) is 1. The van der Waals surface area contributed by atoms with Gasteiger partial charge in [-0.25, -0.2) is 4.39 Å². The van der Waals surface area contributed by atoms with Crippen LogP contribution in [0.25, 0.3) is 0 Å². The Hall–Kier alpha value is -1.09. The Balaban J connectivity index is 2.22. The van der Waals surface area contributed by atoms with Crippen LogP contribution in [0.2, 0.25) is 0 Å². The lowest BCUT2D eigenvalue weighted by Gasteiger charge is -2.20. The van der Waals surface area contributed by atoms with Crippen molar-refractivity contribution < 1.29 is 4.39 Å². The predicted octanol–water partition coefficient (Wildman–Crippen LogP) is 1.69. The molecule has 0 saturated carbocycles. The molecule has 76 valence electrons. The molecule has 1 atom stereocenters. The Morgan fingerprint density at radius 2 is 2.21 bits per heavy atom. The molecule has 0 aliphatic carbocycles. The molecular weight excluding hydrogens is 179 g/mol. The summed E-state index contributed by atoms with van der Waals surface area (Å²) in [6.07, 6.45) is -0.0420. The molecule has 1 aromatic carbocycles. The van der Waals surface area contributed by atoms with Gasteiger partial charge >= 0.3 is 0 Å². The zero-order valence-corrected chi connectivity index (χ0v) is 8.12. The van der Waals surface area contributed by atoms with Gasteiger partial charge in [-0.2, -0.15) is 0 Å². The first-order valence-corrected chi connectivity index (χ1v) is 4.98. The van der Waals surface area contributed by atoms with Crippen LogP contribution < -0.4 is 10.6 Å². The van der Waals surface area contributed by atoms with E-state index < -0.39 is 6.17 Å². The van der Waals surface area contributed by atoms with Gasteiger partial charge in [-0.15, -0.1) is 0 Å².